The van der Waals surface area contributed by atoms with Gasteiger partial charge < -0.3 is 5.73 Å². The molecule has 0 saturated carbocycles. The molecule has 1 atom stereocenters. The van der Waals surface area contributed by atoms with E-state index in [4.69, 9.17) is 5.73 Å². The molecule has 1 aliphatic heterocycles. The summed E-state index contributed by atoms with van der Waals surface area (Å²) in [6.45, 7) is 3.20. The van der Waals surface area contributed by atoms with Crippen LogP contribution >= 0.6 is 0 Å². The minimum Gasteiger partial charge on any atom is -0.329 e. The van der Waals surface area contributed by atoms with Gasteiger partial charge in [0.15, 0.2) is 0 Å². The van der Waals surface area contributed by atoms with E-state index in [0.29, 0.717) is 19.6 Å². The van der Waals surface area contributed by atoms with Crippen molar-refractivity contribution in [2.24, 2.45) is 5.73 Å². The topological polar surface area (TPSA) is 75.4 Å². The lowest BCUT2D eigenvalue weighted by Gasteiger charge is -2.22. The van der Waals surface area contributed by atoms with Crippen LogP contribution in [-0.4, -0.2) is 38.4 Å². The molecule has 5 nitrogen and oxygen atoms in total. The fraction of sp³-hybridized carbons (Fsp3) is 1.00. The van der Waals surface area contributed by atoms with Crippen LogP contribution in [0.4, 0.5) is 0 Å². The molecule has 1 rings (SSSR count). The summed E-state index contributed by atoms with van der Waals surface area (Å²) in [5, 5.41) is 0. The predicted molar refractivity (Wildman–Crippen MR) is 51.4 cm³/mol. The Morgan fingerprint density at radius 1 is 1.62 bits per heavy atom. The van der Waals surface area contributed by atoms with E-state index < -0.39 is 10.2 Å². The summed E-state index contributed by atoms with van der Waals surface area (Å²) in [4.78, 5) is 0. The smallest absolute Gasteiger partial charge is 0.279 e. The van der Waals surface area contributed by atoms with E-state index in [1.165, 1.54) is 4.31 Å². The van der Waals surface area contributed by atoms with Crippen molar-refractivity contribution >= 4 is 10.2 Å². The molecular weight excluding hydrogens is 190 g/mol. The van der Waals surface area contributed by atoms with Crippen molar-refractivity contribution in [3.63, 3.8) is 0 Å². The average Bonchev–Trinajstić information content (AvgIpc) is 2.51. The molecule has 1 heterocycles. The molecule has 1 saturated heterocycles. The standard InChI is InChI=1S/C7H17N3O2S/c1-2-9-13(11,12)10-5-3-4-7(10)6-8/h7,9H,2-6,8H2,1H3. The van der Waals surface area contributed by atoms with Crippen LogP contribution in [0.15, 0.2) is 0 Å². The first-order valence-corrected chi connectivity index (χ1v) is 6.02. The summed E-state index contributed by atoms with van der Waals surface area (Å²) in [6, 6.07) is -0.0101. The zero-order valence-corrected chi connectivity index (χ0v) is 8.68. The Hall–Kier alpha value is -0.170. The third kappa shape index (κ3) is 2.40. The van der Waals surface area contributed by atoms with Gasteiger partial charge in [-0.25, -0.2) is 4.72 Å². The van der Waals surface area contributed by atoms with Gasteiger partial charge in [0.25, 0.3) is 10.2 Å². The van der Waals surface area contributed by atoms with E-state index in [9.17, 15) is 8.42 Å². The molecule has 0 spiro atoms. The van der Waals surface area contributed by atoms with Gasteiger partial charge in [-0.15, -0.1) is 0 Å². The van der Waals surface area contributed by atoms with Gasteiger partial charge in [0.2, 0.25) is 0 Å². The Labute approximate surface area is 79.5 Å². The lowest BCUT2D eigenvalue weighted by molar-refractivity contribution is 0.386. The maximum absolute atomic E-state index is 11.6. The highest BCUT2D eigenvalue weighted by Crippen LogP contribution is 2.18. The summed E-state index contributed by atoms with van der Waals surface area (Å²) >= 11 is 0. The fourth-order valence-electron chi connectivity index (χ4n) is 1.63. The maximum atomic E-state index is 11.6. The summed E-state index contributed by atoms with van der Waals surface area (Å²) in [7, 11) is -3.27. The van der Waals surface area contributed by atoms with E-state index >= 15 is 0 Å². The Balaban J connectivity index is 2.69. The molecule has 0 aromatic carbocycles. The van der Waals surface area contributed by atoms with Gasteiger partial charge in [-0.2, -0.15) is 12.7 Å². The molecule has 1 aliphatic rings. The van der Waals surface area contributed by atoms with Crippen molar-refractivity contribution in [2.45, 2.75) is 25.8 Å². The van der Waals surface area contributed by atoms with E-state index in [1.54, 1.807) is 6.92 Å². The van der Waals surface area contributed by atoms with Crippen LogP contribution in [0.25, 0.3) is 0 Å². The summed E-state index contributed by atoms with van der Waals surface area (Å²) in [6.07, 6.45) is 1.79. The lowest BCUT2D eigenvalue weighted by atomic mass is 10.2. The molecule has 0 bridgehead atoms. The molecule has 0 aliphatic carbocycles. The maximum Gasteiger partial charge on any atom is 0.279 e. The van der Waals surface area contributed by atoms with E-state index in [1.807, 2.05) is 0 Å². The molecule has 0 amide bonds. The van der Waals surface area contributed by atoms with Crippen molar-refractivity contribution in [1.29, 1.82) is 0 Å². The fourth-order valence-corrected chi connectivity index (χ4v) is 3.11. The lowest BCUT2D eigenvalue weighted by Crippen LogP contribution is -2.45. The Morgan fingerprint density at radius 3 is 2.85 bits per heavy atom. The molecule has 0 aromatic heterocycles. The van der Waals surface area contributed by atoms with Crippen molar-refractivity contribution < 1.29 is 8.42 Å². The highest BCUT2D eigenvalue weighted by atomic mass is 32.2. The summed E-state index contributed by atoms with van der Waals surface area (Å²) < 4.78 is 27.1. The van der Waals surface area contributed by atoms with Gasteiger partial charge in [0.05, 0.1) is 0 Å². The number of nitrogens with one attached hydrogen (secondary N) is 1. The number of rotatable bonds is 4. The van der Waals surface area contributed by atoms with Crippen LogP contribution in [0.3, 0.4) is 0 Å². The normalized spacial score (nSPS) is 25.2. The zero-order valence-electron chi connectivity index (χ0n) is 7.86. The van der Waals surface area contributed by atoms with Crippen molar-refractivity contribution in [3.05, 3.63) is 0 Å². The number of nitrogens with two attached hydrogens (primary N) is 1. The van der Waals surface area contributed by atoms with Crippen LogP contribution in [0, 0.1) is 0 Å². The molecule has 3 N–H and O–H groups in total. The Kier molecular flexibility index (Phi) is 3.66. The second-order valence-electron chi connectivity index (χ2n) is 3.15. The molecule has 78 valence electrons. The molecule has 13 heavy (non-hydrogen) atoms. The largest absolute Gasteiger partial charge is 0.329 e. The molecule has 6 heteroatoms. The predicted octanol–water partition coefficient (Wildman–Crippen LogP) is -0.736. The number of nitrogens with zero attached hydrogens (tertiary/aromatic N) is 1. The number of hydrogen-bond donors (Lipinski definition) is 2. The molecular formula is C7H17N3O2S. The molecule has 1 unspecified atom stereocenters. The van der Waals surface area contributed by atoms with Gasteiger partial charge in [-0.05, 0) is 12.8 Å². The van der Waals surface area contributed by atoms with E-state index in [-0.39, 0.29) is 6.04 Å². The Morgan fingerprint density at radius 2 is 2.31 bits per heavy atom. The minimum absolute atomic E-state index is 0.0101. The highest BCUT2D eigenvalue weighted by Gasteiger charge is 2.32. The third-order valence-corrected chi connectivity index (χ3v) is 3.98. The first-order chi connectivity index (χ1) is 6.11. The zero-order chi connectivity index (χ0) is 9.90. The van der Waals surface area contributed by atoms with Gasteiger partial charge in [-0.3, -0.25) is 0 Å². The van der Waals surface area contributed by atoms with Crippen LogP contribution in [0.1, 0.15) is 19.8 Å². The monoisotopic (exact) mass is 207 g/mol. The molecule has 1 fully saturated rings. The van der Waals surface area contributed by atoms with Crippen LogP contribution in [-0.2, 0) is 10.2 Å². The third-order valence-electron chi connectivity index (χ3n) is 2.23. The minimum atomic E-state index is -3.27. The Bertz CT molecular complexity index is 252. The van der Waals surface area contributed by atoms with Gasteiger partial charge in [0, 0.05) is 25.7 Å². The van der Waals surface area contributed by atoms with Crippen LogP contribution in [0.2, 0.25) is 0 Å². The second-order valence-corrected chi connectivity index (χ2v) is 4.85. The first kappa shape index (κ1) is 10.9. The highest BCUT2D eigenvalue weighted by molar-refractivity contribution is 7.87. The van der Waals surface area contributed by atoms with Crippen molar-refractivity contribution in [3.8, 4) is 0 Å². The molecule has 0 aromatic rings. The van der Waals surface area contributed by atoms with Crippen molar-refractivity contribution in [2.75, 3.05) is 19.6 Å². The van der Waals surface area contributed by atoms with E-state index in [2.05, 4.69) is 4.72 Å². The first-order valence-electron chi connectivity index (χ1n) is 4.58. The van der Waals surface area contributed by atoms with Gasteiger partial charge in [0.1, 0.15) is 0 Å². The number of hydrogen-bond acceptors (Lipinski definition) is 3. The van der Waals surface area contributed by atoms with Crippen LogP contribution in [0.5, 0.6) is 0 Å². The van der Waals surface area contributed by atoms with Gasteiger partial charge in [-0.1, -0.05) is 6.92 Å². The van der Waals surface area contributed by atoms with E-state index in [0.717, 1.165) is 12.8 Å². The molecule has 0 radical (unpaired) electrons. The summed E-state index contributed by atoms with van der Waals surface area (Å²) in [5.74, 6) is 0. The quantitative estimate of drug-likeness (QED) is 0.638. The average molecular weight is 207 g/mol. The van der Waals surface area contributed by atoms with Gasteiger partial charge >= 0.3 is 0 Å². The summed E-state index contributed by atoms with van der Waals surface area (Å²) in [5.41, 5.74) is 5.48. The SMILES string of the molecule is CCNS(=O)(=O)N1CCCC1CN. The second kappa shape index (κ2) is 4.36. The van der Waals surface area contributed by atoms with Crippen LogP contribution < -0.4 is 10.5 Å². The van der Waals surface area contributed by atoms with Crippen molar-refractivity contribution in [1.82, 2.24) is 9.03 Å².